The van der Waals surface area contributed by atoms with Crippen molar-refractivity contribution in [2.24, 2.45) is 0 Å². The van der Waals surface area contributed by atoms with Gasteiger partial charge in [0.25, 0.3) is 0 Å². The molecule has 0 aliphatic rings. The summed E-state index contributed by atoms with van der Waals surface area (Å²) in [7, 11) is 0. The number of fused-ring (bicyclic) bond motifs is 1. The highest BCUT2D eigenvalue weighted by Crippen LogP contribution is 2.26. The number of nitrogens with one attached hydrogen (secondary N) is 1. The Balaban J connectivity index is 2.12. The van der Waals surface area contributed by atoms with Gasteiger partial charge in [-0.25, -0.2) is 4.98 Å². The average molecular weight is 262 g/mol. The van der Waals surface area contributed by atoms with Crippen molar-refractivity contribution < 1.29 is 0 Å². The fourth-order valence-corrected chi connectivity index (χ4v) is 2.11. The molecule has 0 bridgehead atoms. The molecular weight excluding hydrogens is 248 g/mol. The summed E-state index contributed by atoms with van der Waals surface area (Å²) in [5.41, 5.74) is 3.32. The number of aromatic nitrogens is 3. The van der Waals surface area contributed by atoms with E-state index in [1.807, 2.05) is 44.2 Å². The zero-order valence-corrected chi connectivity index (χ0v) is 11.4. The highest BCUT2D eigenvalue weighted by atomic mass is 14.9. The number of pyridine rings is 1. The van der Waals surface area contributed by atoms with Crippen LogP contribution in [0, 0.1) is 11.3 Å². The summed E-state index contributed by atoms with van der Waals surface area (Å²) in [6.45, 7) is 3.82. The van der Waals surface area contributed by atoms with Gasteiger partial charge in [0.15, 0.2) is 0 Å². The molecule has 98 valence electrons. The fraction of sp³-hybridized carbons (Fsp3) is 0.188. The second kappa shape index (κ2) is 4.46. The van der Waals surface area contributed by atoms with Crippen LogP contribution in [0.1, 0.15) is 19.4 Å². The average Bonchev–Trinajstić information content (AvgIpc) is 2.91. The predicted molar refractivity (Wildman–Crippen MR) is 78.0 cm³/mol. The second-order valence-corrected chi connectivity index (χ2v) is 5.29. The fourth-order valence-electron chi connectivity index (χ4n) is 2.11. The zero-order valence-electron chi connectivity index (χ0n) is 11.4. The van der Waals surface area contributed by atoms with E-state index in [0.717, 1.165) is 28.0 Å². The Morgan fingerprint density at radius 2 is 1.90 bits per heavy atom. The van der Waals surface area contributed by atoms with Crippen LogP contribution in [-0.4, -0.2) is 15.0 Å². The van der Waals surface area contributed by atoms with E-state index in [1.54, 1.807) is 12.4 Å². The third-order valence-electron chi connectivity index (χ3n) is 3.44. The quantitative estimate of drug-likeness (QED) is 0.769. The van der Waals surface area contributed by atoms with Crippen LogP contribution in [0.4, 0.5) is 0 Å². The van der Waals surface area contributed by atoms with Gasteiger partial charge in [-0.3, -0.25) is 4.98 Å². The number of nitriles is 1. The topological polar surface area (TPSA) is 65.4 Å². The second-order valence-electron chi connectivity index (χ2n) is 5.29. The molecule has 0 spiro atoms. The molecule has 4 heteroatoms. The Morgan fingerprint density at radius 3 is 2.60 bits per heavy atom. The molecule has 20 heavy (non-hydrogen) atoms. The van der Waals surface area contributed by atoms with Gasteiger partial charge in [0, 0.05) is 18.0 Å². The van der Waals surface area contributed by atoms with Crippen molar-refractivity contribution in [2.45, 2.75) is 19.3 Å². The first kappa shape index (κ1) is 12.4. The molecule has 0 saturated carbocycles. The molecule has 3 rings (SSSR count). The van der Waals surface area contributed by atoms with E-state index in [4.69, 9.17) is 0 Å². The number of aromatic amines is 1. The van der Waals surface area contributed by atoms with Crippen molar-refractivity contribution in [3.8, 4) is 17.5 Å². The highest BCUT2D eigenvalue weighted by Gasteiger charge is 2.20. The normalized spacial score (nSPS) is 11.4. The van der Waals surface area contributed by atoms with Crippen LogP contribution in [0.2, 0.25) is 0 Å². The van der Waals surface area contributed by atoms with Crippen LogP contribution in [0.3, 0.4) is 0 Å². The van der Waals surface area contributed by atoms with E-state index >= 15 is 0 Å². The van der Waals surface area contributed by atoms with E-state index < -0.39 is 5.41 Å². The van der Waals surface area contributed by atoms with Crippen LogP contribution < -0.4 is 0 Å². The minimum Gasteiger partial charge on any atom is -0.338 e. The minimum atomic E-state index is -0.504. The van der Waals surface area contributed by atoms with E-state index in [2.05, 4.69) is 21.0 Å². The minimum absolute atomic E-state index is 0.504. The van der Waals surface area contributed by atoms with Gasteiger partial charge < -0.3 is 4.98 Å². The standard InChI is InChI=1S/C16H14N4/c1-16(2,10-17)12-3-4-13-14(9-12)20-15(19-13)11-5-7-18-8-6-11/h3-9H,1-2H3,(H,19,20). The van der Waals surface area contributed by atoms with Crippen molar-refractivity contribution in [2.75, 3.05) is 0 Å². The van der Waals surface area contributed by atoms with Crippen LogP contribution in [0.15, 0.2) is 42.7 Å². The Kier molecular flexibility index (Phi) is 2.76. The first-order valence-electron chi connectivity index (χ1n) is 6.42. The SMILES string of the molecule is CC(C)(C#N)c1ccc2nc(-c3ccncc3)[nH]c2c1. The first-order valence-corrected chi connectivity index (χ1v) is 6.42. The summed E-state index contributed by atoms with van der Waals surface area (Å²) in [6.07, 6.45) is 3.49. The van der Waals surface area contributed by atoms with Crippen molar-refractivity contribution in [3.63, 3.8) is 0 Å². The predicted octanol–water partition coefficient (Wildman–Crippen LogP) is 3.43. The van der Waals surface area contributed by atoms with Crippen molar-refractivity contribution in [1.82, 2.24) is 15.0 Å². The lowest BCUT2D eigenvalue weighted by Gasteiger charge is -2.15. The van der Waals surface area contributed by atoms with Gasteiger partial charge in [0.2, 0.25) is 0 Å². The number of rotatable bonds is 2. The van der Waals surface area contributed by atoms with Gasteiger partial charge in [-0.2, -0.15) is 5.26 Å². The van der Waals surface area contributed by atoms with Crippen molar-refractivity contribution >= 4 is 11.0 Å². The molecule has 1 aromatic carbocycles. The van der Waals surface area contributed by atoms with Gasteiger partial charge >= 0.3 is 0 Å². The van der Waals surface area contributed by atoms with Crippen LogP contribution in [-0.2, 0) is 5.41 Å². The maximum atomic E-state index is 9.22. The Bertz CT molecular complexity index is 794. The summed E-state index contributed by atoms with van der Waals surface area (Å²) < 4.78 is 0. The molecule has 0 saturated heterocycles. The smallest absolute Gasteiger partial charge is 0.138 e. The third-order valence-corrected chi connectivity index (χ3v) is 3.44. The molecule has 4 nitrogen and oxygen atoms in total. The van der Waals surface area contributed by atoms with Crippen molar-refractivity contribution in [1.29, 1.82) is 5.26 Å². The molecule has 3 aromatic rings. The molecule has 0 atom stereocenters. The molecular formula is C16H14N4. The Labute approximate surface area is 117 Å². The van der Waals surface area contributed by atoms with Gasteiger partial charge in [-0.1, -0.05) is 6.07 Å². The zero-order chi connectivity index (χ0) is 14.2. The number of H-pyrrole nitrogens is 1. The lowest BCUT2D eigenvalue weighted by atomic mass is 9.86. The molecule has 0 fully saturated rings. The third kappa shape index (κ3) is 2.04. The number of nitrogens with zero attached hydrogens (tertiary/aromatic N) is 3. The van der Waals surface area contributed by atoms with Crippen LogP contribution in [0.25, 0.3) is 22.4 Å². The van der Waals surface area contributed by atoms with Crippen LogP contribution >= 0.6 is 0 Å². The monoisotopic (exact) mass is 262 g/mol. The summed E-state index contributed by atoms with van der Waals surface area (Å²) in [5, 5.41) is 9.22. The summed E-state index contributed by atoms with van der Waals surface area (Å²) in [6, 6.07) is 12.1. The lowest BCUT2D eigenvalue weighted by Crippen LogP contribution is -2.13. The maximum absolute atomic E-state index is 9.22. The van der Waals surface area contributed by atoms with Gasteiger partial charge in [0.1, 0.15) is 5.82 Å². The summed E-state index contributed by atoms with van der Waals surface area (Å²) >= 11 is 0. The summed E-state index contributed by atoms with van der Waals surface area (Å²) in [5.74, 6) is 0.814. The number of hydrogen-bond acceptors (Lipinski definition) is 3. The van der Waals surface area contributed by atoms with Gasteiger partial charge in [0.05, 0.1) is 22.5 Å². The van der Waals surface area contributed by atoms with Gasteiger partial charge in [-0.05, 0) is 43.7 Å². The first-order chi connectivity index (χ1) is 9.60. The molecule has 1 N–H and O–H groups in total. The Hall–Kier alpha value is -2.67. The van der Waals surface area contributed by atoms with Gasteiger partial charge in [-0.15, -0.1) is 0 Å². The molecule has 0 aliphatic heterocycles. The molecule has 0 radical (unpaired) electrons. The molecule has 2 heterocycles. The van der Waals surface area contributed by atoms with E-state index in [0.29, 0.717) is 0 Å². The lowest BCUT2D eigenvalue weighted by molar-refractivity contribution is 0.688. The molecule has 2 aromatic heterocycles. The highest BCUT2D eigenvalue weighted by molar-refractivity contribution is 5.80. The summed E-state index contributed by atoms with van der Waals surface area (Å²) in [4.78, 5) is 11.9. The number of hydrogen-bond donors (Lipinski definition) is 1. The largest absolute Gasteiger partial charge is 0.338 e. The van der Waals surface area contributed by atoms with Crippen LogP contribution in [0.5, 0.6) is 0 Å². The molecule has 0 aliphatic carbocycles. The Morgan fingerprint density at radius 1 is 1.15 bits per heavy atom. The van der Waals surface area contributed by atoms with Crippen molar-refractivity contribution in [3.05, 3.63) is 48.3 Å². The maximum Gasteiger partial charge on any atom is 0.138 e. The van der Waals surface area contributed by atoms with E-state index in [1.165, 1.54) is 0 Å². The molecule has 0 unspecified atom stereocenters. The molecule has 0 amide bonds. The van der Waals surface area contributed by atoms with E-state index in [9.17, 15) is 5.26 Å². The number of imidazole rings is 1. The van der Waals surface area contributed by atoms with E-state index in [-0.39, 0.29) is 0 Å². The number of benzene rings is 1.